The summed E-state index contributed by atoms with van der Waals surface area (Å²) in [4.78, 5) is 11.0. The van der Waals surface area contributed by atoms with E-state index in [1.165, 1.54) is 69.6 Å². The van der Waals surface area contributed by atoms with Gasteiger partial charge in [-0.1, -0.05) is 121 Å². The summed E-state index contributed by atoms with van der Waals surface area (Å²) in [6.07, 6.45) is 0. The zero-order chi connectivity index (χ0) is 39.6. The second-order valence-corrected chi connectivity index (χ2v) is 16.8. The number of hydrogen-bond donors (Lipinski definition) is 0. The first kappa shape index (κ1) is 33.4. The van der Waals surface area contributed by atoms with Gasteiger partial charge in [0.1, 0.15) is 16.8 Å². The van der Waals surface area contributed by atoms with Crippen LogP contribution in [0, 0.1) is 13.8 Å². The average molecular weight is 787 g/mol. The largest absolute Gasteiger partial charge is 0.452 e. The molecule has 282 valence electrons. The van der Waals surface area contributed by atoms with Crippen molar-refractivity contribution in [2.45, 2.75) is 13.8 Å². The molecule has 0 spiro atoms. The Balaban J connectivity index is 1.11. The van der Waals surface area contributed by atoms with Gasteiger partial charge in [0.15, 0.2) is 5.58 Å². The Morgan fingerprint density at radius 1 is 0.500 bits per heavy atom. The average Bonchev–Trinajstić information content (AvgIpc) is 4.04. The molecule has 0 aliphatic carbocycles. The van der Waals surface area contributed by atoms with Gasteiger partial charge in [0.05, 0.1) is 21.3 Å². The zero-order valence-corrected chi connectivity index (χ0v) is 33.6. The smallest absolute Gasteiger partial charge is 0.236 e. The van der Waals surface area contributed by atoms with Crippen LogP contribution in [0.25, 0.3) is 120 Å². The van der Waals surface area contributed by atoms with Crippen molar-refractivity contribution in [1.82, 2.24) is 19.1 Å². The Bertz CT molecular complexity index is 3910. The highest BCUT2D eigenvalue weighted by Crippen LogP contribution is 2.48. The fraction of sp³-hybridized carbons (Fsp3) is 0.0370. The molecule has 60 heavy (non-hydrogen) atoms. The number of fused-ring (bicyclic) bond motifs is 14. The molecule has 0 aliphatic heterocycles. The predicted octanol–water partition coefficient (Wildman–Crippen LogP) is 14.9. The van der Waals surface area contributed by atoms with Gasteiger partial charge in [0.25, 0.3) is 0 Å². The van der Waals surface area contributed by atoms with Crippen molar-refractivity contribution >= 4 is 97.1 Å². The van der Waals surface area contributed by atoms with Gasteiger partial charge >= 0.3 is 0 Å². The minimum absolute atomic E-state index is 0.615. The molecule has 13 rings (SSSR count). The standard InChI is InChI=1S/C54H34N4OS/c1-31-32(2)57(36-17-7-4-8-18-36)44-27-25-34(29-41(31)44)35-26-28-45-42(30-35)50-52(59-45)49(33-15-5-3-6-16-33)55-54(56-50)58-43-23-13-11-21-39(43)47-37-19-9-10-20-38(37)48-40-22-12-14-24-46(40)60-53(48)51(47)58/h3-30H,1-2H3. The summed E-state index contributed by atoms with van der Waals surface area (Å²) in [5.74, 6) is 0.615. The molecule has 8 aromatic carbocycles. The van der Waals surface area contributed by atoms with Gasteiger partial charge in [-0.05, 0) is 89.8 Å². The van der Waals surface area contributed by atoms with Crippen LogP contribution in [-0.4, -0.2) is 19.1 Å². The quantitative estimate of drug-likeness (QED) is 0.178. The van der Waals surface area contributed by atoms with Crippen molar-refractivity contribution in [2.24, 2.45) is 0 Å². The number of rotatable bonds is 4. The first-order chi connectivity index (χ1) is 29.6. The van der Waals surface area contributed by atoms with Crippen molar-refractivity contribution < 1.29 is 4.42 Å². The minimum Gasteiger partial charge on any atom is -0.452 e. The highest BCUT2D eigenvalue weighted by Gasteiger charge is 2.25. The van der Waals surface area contributed by atoms with Gasteiger partial charge in [0, 0.05) is 54.0 Å². The van der Waals surface area contributed by atoms with E-state index in [4.69, 9.17) is 14.4 Å². The molecule has 0 fully saturated rings. The second-order valence-electron chi connectivity index (χ2n) is 15.8. The molecule has 0 bridgehead atoms. The van der Waals surface area contributed by atoms with Gasteiger partial charge in [-0.3, -0.25) is 4.57 Å². The lowest BCUT2D eigenvalue weighted by atomic mass is 9.99. The fourth-order valence-corrected chi connectivity index (χ4v) is 11.0. The van der Waals surface area contributed by atoms with Crippen molar-refractivity contribution in [3.05, 3.63) is 181 Å². The van der Waals surface area contributed by atoms with E-state index >= 15 is 0 Å². The number of nitrogens with zero attached hydrogens (tertiary/aromatic N) is 4. The Hall–Kier alpha value is -7.54. The number of thiophene rings is 1. The maximum absolute atomic E-state index is 6.77. The van der Waals surface area contributed by atoms with Crippen LogP contribution < -0.4 is 0 Å². The van der Waals surface area contributed by atoms with Crippen LogP contribution in [-0.2, 0) is 0 Å². The van der Waals surface area contributed by atoms with Crippen LogP contribution in [0.2, 0.25) is 0 Å². The predicted molar refractivity (Wildman–Crippen MR) is 251 cm³/mol. The molecule has 0 unspecified atom stereocenters. The molecule has 5 heterocycles. The lowest BCUT2D eigenvalue weighted by molar-refractivity contribution is 0.666. The maximum Gasteiger partial charge on any atom is 0.236 e. The molecule has 0 N–H and O–H groups in total. The van der Waals surface area contributed by atoms with Crippen molar-refractivity contribution in [1.29, 1.82) is 0 Å². The van der Waals surface area contributed by atoms with Crippen LogP contribution >= 0.6 is 11.3 Å². The number of hydrogen-bond acceptors (Lipinski definition) is 4. The summed E-state index contributed by atoms with van der Waals surface area (Å²) < 4.78 is 13.9. The summed E-state index contributed by atoms with van der Waals surface area (Å²) >= 11 is 1.84. The number of furan rings is 1. The van der Waals surface area contributed by atoms with Crippen molar-refractivity contribution in [3.8, 4) is 34.0 Å². The van der Waals surface area contributed by atoms with Gasteiger partial charge in [-0.15, -0.1) is 11.3 Å². The van der Waals surface area contributed by atoms with Crippen LogP contribution in [0.3, 0.4) is 0 Å². The third kappa shape index (κ3) is 4.62. The van der Waals surface area contributed by atoms with E-state index < -0.39 is 0 Å². The molecule has 0 atom stereocenters. The van der Waals surface area contributed by atoms with E-state index in [-0.39, 0.29) is 0 Å². The Morgan fingerprint density at radius 2 is 1.13 bits per heavy atom. The van der Waals surface area contributed by atoms with Crippen molar-refractivity contribution in [2.75, 3.05) is 0 Å². The Morgan fingerprint density at radius 3 is 1.93 bits per heavy atom. The first-order valence-electron chi connectivity index (χ1n) is 20.3. The number of benzene rings is 8. The highest BCUT2D eigenvalue weighted by molar-refractivity contribution is 7.27. The van der Waals surface area contributed by atoms with Gasteiger partial charge in [0.2, 0.25) is 5.95 Å². The molecule has 5 nitrogen and oxygen atoms in total. The molecule has 0 saturated carbocycles. The molecule has 5 aromatic heterocycles. The lowest BCUT2D eigenvalue weighted by Gasteiger charge is -2.11. The summed E-state index contributed by atoms with van der Waals surface area (Å²) in [6, 6.07) is 60.6. The summed E-state index contributed by atoms with van der Waals surface area (Å²) in [5, 5.41) is 9.61. The normalized spacial score (nSPS) is 12.2. The maximum atomic E-state index is 6.77. The van der Waals surface area contributed by atoms with E-state index in [9.17, 15) is 0 Å². The van der Waals surface area contributed by atoms with Crippen molar-refractivity contribution in [3.63, 3.8) is 0 Å². The van der Waals surface area contributed by atoms with E-state index in [0.29, 0.717) is 11.5 Å². The summed E-state index contributed by atoms with van der Waals surface area (Å²) in [5.41, 5.74) is 13.3. The molecule has 0 amide bonds. The SMILES string of the molecule is Cc1c(C)n(-c2ccccc2)c2ccc(-c3ccc4oc5c(-c6ccccc6)nc(-n6c7ccccc7c7c8ccccc8c8c9ccccc9sc8c76)nc5c4c3)cc12. The monoisotopic (exact) mass is 786 g/mol. The van der Waals surface area contributed by atoms with E-state index in [2.05, 4.69) is 187 Å². The highest BCUT2D eigenvalue weighted by atomic mass is 32.1. The summed E-state index contributed by atoms with van der Waals surface area (Å²) in [7, 11) is 0. The van der Waals surface area contributed by atoms with Crippen LogP contribution in [0.15, 0.2) is 174 Å². The zero-order valence-electron chi connectivity index (χ0n) is 32.8. The number of aromatic nitrogens is 4. The molecule has 6 heteroatoms. The molecular weight excluding hydrogens is 753 g/mol. The van der Waals surface area contributed by atoms with Crippen LogP contribution in [0.5, 0.6) is 0 Å². The third-order valence-corrected chi connectivity index (χ3v) is 13.7. The fourth-order valence-electron chi connectivity index (χ4n) is 9.70. The topological polar surface area (TPSA) is 48.8 Å². The molecular formula is C54H34N4OS. The Kier molecular flexibility index (Phi) is 6.95. The molecule has 0 radical (unpaired) electrons. The van der Waals surface area contributed by atoms with Gasteiger partial charge in [-0.25, -0.2) is 9.97 Å². The number of aryl methyl sites for hydroxylation is 1. The second kappa shape index (κ2) is 12.5. The lowest BCUT2D eigenvalue weighted by Crippen LogP contribution is -2.03. The van der Waals surface area contributed by atoms with Gasteiger partial charge < -0.3 is 8.98 Å². The van der Waals surface area contributed by atoms with E-state index in [1.54, 1.807) is 0 Å². The molecule has 0 saturated heterocycles. The Labute approximate surface area is 348 Å². The number of para-hydroxylation sites is 2. The minimum atomic E-state index is 0.615. The molecule has 0 aliphatic rings. The van der Waals surface area contributed by atoms with Crippen LogP contribution in [0.1, 0.15) is 11.3 Å². The third-order valence-electron chi connectivity index (χ3n) is 12.6. The first-order valence-corrected chi connectivity index (χ1v) is 21.1. The van der Waals surface area contributed by atoms with Gasteiger partial charge in [-0.2, -0.15) is 0 Å². The van der Waals surface area contributed by atoms with Crippen LogP contribution in [0.4, 0.5) is 0 Å². The van der Waals surface area contributed by atoms with E-state index in [0.717, 1.165) is 49.9 Å². The summed E-state index contributed by atoms with van der Waals surface area (Å²) in [6.45, 7) is 4.43. The van der Waals surface area contributed by atoms with E-state index in [1.807, 2.05) is 17.4 Å². The molecule has 13 aromatic rings.